The van der Waals surface area contributed by atoms with Gasteiger partial charge in [-0.1, -0.05) is 12.1 Å². The Balaban J connectivity index is 2.35. The van der Waals surface area contributed by atoms with Crippen LogP contribution >= 0.6 is 0 Å². The predicted molar refractivity (Wildman–Crippen MR) is 74.2 cm³/mol. The third-order valence-corrected chi connectivity index (χ3v) is 3.18. The number of para-hydroxylation sites is 1. The molecule has 0 spiro atoms. The molecule has 0 aliphatic rings. The fourth-order valence-corrected chi connectivity index (χ4v) is 2.18. The number of hydrogen-bond donors (Lipinski definition) is 1. The van der Waals surface area contributed by atoms with Crippen LogP contribution in [-0.2, 0) is 0 Å². The molecule has 0 atom stereocenters. The van der Waals surface area contributed by atoms with E-state index in [0.717, 1.165) is 7.11 Å². The molecule has 0 aliphatic carbocycles. The van der Waals surface area contributed by atoms with Gasteiger partial charge in [-0.2, -0.15) is 0 Å². The lowest BCUT2D eigenvalue weighted by atomic mass is 10.1. The van der Waals surface area contributed by atoms with Gasteiger partial charge >= 0.3 is 0 Å². The largest absolute Gasteiger partial charge is 0.491 e. The molecule has 7 heteroatoms. The van der Waals surface area contributed by atoms with E-state index in [-0.39, 0.29) is 16.7 Å². The maximum Gasteiger partial charge on any atom is 0.259 e. The van der Waals surface area contributed by atoms with E-state index in [9.17, 15) is 18.0 Å². The number of halogens is 3. The molecule has 0 unspecified atom stereocenters. The summed E-state index contributed by atoms with van der Waals surface area (Å²) in [5.74, 6) is -4.71. The molecule has 0 bridgehead atoms. The van der Waals surface area contributed by atoms with Gasteiger partial charge in [0.1, 0.15) is 11.6 Å². The summed E-state index contributed by atoms with van der Waals surface area (Å²) in [7, 11) is 1.06. The fraction of sp³-hybridized carbons (Fsp3) is 0.0667. The van der Waals surface area contributed by atoms with Crippen LogP contribution in [0.1, 0.15) is 0 Å². The fourth-order valence-electron chi connectivity index (χ4n) is 2.18. The third kappa shape index (κ3) is 2.11. The lowest BCUT2D eigenvalue weighted by Crippen LogP contribution is -2.11. The minimum Gasteiger partial charge on any atom is -0.491 e. The van der Waals surface area contributed by atoms with Gasteiger partial charge in [-0.25, -0.2) is 18.2 Å². The number of nitrogens with zero attached hydrogens (tertiary/aromatic N) is 1. The van der Waals surface area contributed by atoms with E-state index in [2.05, 4.69) is 14.7 Å². The topological polar surface area (TPSA) is 55.0 Å². The van der Waals surface area contributed by atoms with Crippen LogP contribution in [0.2, 0.25) is 0 Å². The van der Waals surface area contributed by atoms with Crippen LogP contribution in [0.5, 0.6) is 5.75 Å². The first-order valence-corrected chi connectivity index (χ1v) is 6.24. The van der Waals surface area contributed by atoms with Gasteiger partial charge in [0, 0.05) is 6.07 Å². The Morgan fingerprint density at radius 1 is 1.14 bits per heavy atom. The highest BCUT2D eigenvalue weighted by molar-refractivity contribution is 5.79. The van der Waals surface area contributed by atoms with Gasteiger partial charge in [0.15, 0.2) is 17.4 Å². The number of nitrogens with one attached hydrogen (secondary N) is 1. The molecule has 0 saturated heterocycles. The van der Waals surface area contributed by atoms with Gasteiger partial charge in [0.05, 0.1) is 23.6 Å². The van der Waals surface area contributed by atoms with Gasteiger partial charge in [0.25, 0.3) is 5.56 Å². The van der Waals surface area contributed by atoms with Crippen molar-refractivity contribution in [2.45, 2.75) is 0 Å². The van der Waals surface area contributed by atoms with Crippen LogP contribution in [0.25, 0.3) is 22.3 Å². The van der Waals surface area contributed by atoms with Crippen LogP contribution < -0.4 is 10.3 Å². The maximum atomic E-state index is 14.2. The number of methoxy groups -OCH3 is 1. The van der Waals surface area contributed by atoms with E-state index in [0.29, 0.717) is 6.07 Å². The number of rotatable bonds is 2. The Kier molecular flexibility index (Phi) is 3.32. The molecule has 22 heavy (non-hydrogen) atoms. The monoisotopic (exact) mass is 306 g/mol. The van der Waals surface area contributed by atoms with Crippen LogP contribution in [-0.4, -0.2) is 17.1 Å². The summed E-state index contributed by atoms with van der Waals surface area (Å²) in [6.07, 6.45) is 0. The molecule has 0 saturated carbocycles. The van der Waals surface area contributed by atoms with E-state index >= 15 is 0 Å². The summed E-state index contributed by atoms with van der Waals surface area (Å²) in [5, 5.41) is 0.279. The summed E-state index contributed by atoms with van der Waals surface area (Å²) in [6, 6.07) is 6.82. The van der Waals surface area contributed by atoms with Crippen LogP contribution in [0.4, 0.5) is 13.2 Å². The smallest absolute Gasteiger partial charge is 0.259 e. The SMILES string of the molecule is COc1c(F)cc(F)c(-c2nc3ccccc3c(=O)[nH]2)c1F. The lowest BCUT2D eigenvalue weighted by molar-refractivity contribution is 0.357. The first-order valence-electron chi connectivity index (χ1n) is 6.24. The van der Waals surface area contributed by atoms with E-state index in [4.69, 9.17) is 0 Å². The molecule has 1 N–H and O–H groups in total. The van der Waals surface area contributed by atoms with E-state index in [1.807, 2.05) is 0 Å². The van der Waals surface area contributed by atoms with Gasteiger partial charge in [-0.15, -0.1) is 0 Å². The van der Waals surface area contributed by atoms with Gasteiger partial charge in [-0.3, -0.25) is 4.79 Å². The maximum absolute atomic E-state index is 14.2. The molecule has 2 aromatic carbocycles. The molecule has 0 fully saturated rings. The zero-order valence-electron chi connectivity index (χ0n) is 11.3. The Morgan fingerprint density at radius 3 is 2.59 bits per heavy atom. The Bertz CT molecular complexity index is 938. The van der Waals surface area contributed by atoms with Crippen molar-refractivity contribution in [2.24, 2.45) is 0 Å². The van der Waals surface area contributed by atoms with E-state index in [1.54, 1.807) is 12.1 Å². The zero-order valence-corrected chi connectivity index (χ0v) is 11.3. The minimum atomic E-state index is -1.27. The van der Waals surface area contributed by atoms with Crippen molar-refractivity contribution >= 4 is 10.9 Å². The summed E-state index contributed by atoms with van der Waals surface area (Å²) in [5.41, 5.74) is -0.938. The summed E-state index contributed by atoms with van der Waals surface area (Å²) < 4.78 is 46.2. The number of fused-ring (bicyclic) bond motifs is 1. The number of aromatic amines is 1. The van der Waals surface area contributed by atoms with Crippen molar-refractivity contribution in [1.82, 2.24) is 9.97 Å². The standard InChI is InChI=1S/C15H9F3N2O2/c1-22-13-9(17)6-8(16)11(12(13)18)14-19-10-5-3-2-4-7(10)15(21)20-14/h2-6H,1H3,(H,19,20,21). The molecule has 4 nitrogen and oxygen atoms in total. The number of H-pyrrole nitrogens is 1. The van der Waals surface area contributed by atoms with Crippen molar-refractivity contribution in [2.75, 3.05) is 7.11 Å². The molecule has 0 radical (unpaired) electrons. The van der Waals surface area contributed by atoms with Crippen molar-refractivity contribution in [1.29, 1.82) is 0 Å². The summed E-state index contributed by atoms with van der Waals surface area (Å²) in [6.45, 7) is 0. The van der Waals surface area contributed by atoms with Crippen molar-refractivity contribution in [3.05, 3.63) is 58.1 Å². The summed E-state index contributed by atoms with van der Waals surface area (Å²) in [4.78, 5) is 18.3. The zero-order chi connectivity index (χ0) is 15.9. The molecular weight excluding hydrogens is 297 g/mol. The lowest BCUT2D eigenvalue weighted by Gasteiger charge is -2.10. The Labute approximate surface area is 122 Å². The average molecular weight is 306 g/mol. The van der Waals surface area contributed by atoms with E-state index in [1.165, 1.54) is 12.1 Å². The molecule has 3 rings (SSSR count). The highest BCUT2D eigenvalue weighted by Crippen LogP contribution is 2.32. The van der Waals surface area contributed by atoms with Crippen molar-refractivity contribution in [3.63, 3.8) is 0 Å². The first-order chi connectivity index (χ1) is 10.5. The van der Waals surface area contributed by atoms with Crippen LogP contribution in [0.15, 0.2) is 35.1 Å². The molecular formula is C15H9F3N2O2. The second-order valence-corrected chi connectivity index (χ2v) is 4.49. The number of aromatic nitrogens is 2. The molecule has 0 aliphatic heterocycles. The first kappa shape index (κ1) is 14.1. The second-order valence-electron chi connectivity index (χ2n) is 4.49. The second kappa shape index (κ2) is 5.18. The molecule has 112 valence electrons. The Morgan fingerprint density at radius 2 is 1.86 bits per heavy atom. The van der Waals surface area contributed by atoms with Gasteiger partial charge in [-0.05, 0) is 12.1 Å². The molecule has 1 heterocycles. The molecule has 0 amide bonds. The number of ether oxygens (including phenoxy) is 1. The van der Waals surface area contributed by atoms with Crippen molar-refractivity contribution < 1.29 is 17.9 Å². The van der Waals surface area contributed by atoms with Gasteiger partial charge in [0.2, 0.25) is 0 Å². The third-order valence-electron chi connectivity index (χ3n) is 3.18. The highest BCUT2D eigenvalue weighted by Gasteiger charge is 2.23. The highest BCUT2D eigenvalue weighted by atomic mass is 19.1. The Hall–Kier alpha value is -2.83. The molecule has 3 aromatic rings. The predicted octanol–water partition coefficient (Wildman–Crippen LogP) is 3.02. The van der Waals surface area contributed by atoms with Gasteiger partial charge < -0.3 is 9.72 Å². The quantitative estimate of drug-likeness (QED) is 0.792. The number of benzene rings is 2. The normalized spacial score (nSPS) is 10.9. The van der Waals surface area contributed by atoms with Crippen molar-refractivity contribution in [3.8, 4) is 17.1 Å². The molecule has 1 aromatic heterocycles. The average Bonchev–Trinajstić information content (AvgIpc) is 2.47. The minimum absolute atomic E-state index is 0.267. The number of hydrogen-bond acceptors (Lipinski definition) is 3. The van der Waals surface area contributed by atoms with E-state index < -0.39 is 34.3 Å². The van der Waals surface area contributed by atoms with Crippen LogP contribution in [0.3, 0.4) is 0 Å². The summed E-state index contributed by atoms with van der Waals surface area (Å²) >= 11 is 0. The van der Waals surface area contributed by atoms with Crippen LogP contribution in [0, 0.1) is 17.5 Å².